The first-order chi connectivity index (χ1) is 9.20. The summed E-state index contributed by atoms with van der Waals surface area (Å²) in [6.45, 7) is 4.19. The van der Waals surface area contributed by atoms with Crippen LogP contribution in [0.5, 0.6) is 0 Å². The minimum absolute atomic E-state index is 0.101. The van der Waals surface area contributed by atoms with Crippen molar-refractivity contribution >= 4 is 5.91 Å². The standard InChI is InChI=1S/C15H26N2O2/c1-11(14-10-12-3-4-13(14)9-12)16-6-5-15(18)17-7-8-19-2/h3-4,11-14,16H,5-10H2,1-2H3,(H,17,18). The quantitative estimate of drug-likeness (QED) is 0.515. The summed E-state index contributed by atoms with van der Waals surface area (Å²) in [6.07, 6.45) is 7.96. The highest BCUT2D eigenvalue weighted by Gasteiger charge is 2.38. The maximum Gasteiger partial charge on any atom is 0.221 e. The van der Waals surface area contributed by atoms with E-state index in [1.165, 1.54) is 12.8 Å². The van der Waals surface area contributed by atoms with Crippen molar-refractivity contribution in [3.05, 3.63) is 12.2 Å². The molecular weight excluding hydrogens is 240 g/mol. The molecule has 1 amide bonds. The molecule has 4 heteroatoms. The largest absolute Gasteiger partial charge is 0.383 e. The van der Waals surface area contributed by atoms with Gasteiger partial charge in [0, 0.05) is 32.7 Å². The van der Waals surface area contributed by atoms with Gasteiger partial charge in [0.15, 0.2) is 0 Å². The Bertz CT molecular complexity index is 330. The molecule has 4 nitrogen and oxygen atoms in total. The van der Waals surface area contributed by atoms with Gasteiger partial charge in [0.2, 0.25) is 5.91 Å². The normalized spacial score (nSPS) is 29.7. The molecule has 0 aromatic carbocycles. The Hall–Kier alpha value is -0.870. The van der Waals surface area contributed by atoms with E-state index in [9.17, 15) is 4.79 Å². The van der Waals surface area contributed by atoms with Crippen LogP contribution < -0.4 is 10.6 Å². The van der Waals surface area contributed by atoms with E-state index in [1.54, 1.807) is 7.11 Å². The van der Waals surface area contributed by atoms with Crippen LogP contribution in [0.3, 0.4) is 0 Å². The molecule has 2 bridgehead atoms. The molecule has 4 atom stereocenters. The third-order valence-electron chi connectivity index (χ3n) is 4.42. The molecule has 0 saturated heterocycles. The summed E-state index contributed by atoms with van der Waals surface area (Å²) in [6, 6.07) is 0.506. The molecule has 2 aliphatic rings. The van der Waals surface area contributed by atoms with Crippen LogP contribution in [0, 0.1) is 17.8 Å². The minimum Gasteiger partial charge on any atom is -0.383 e. The van der Waals surface area contributed by atoms with E-state index in [2.05, 4.69) is 29.7 Å². The van der Waals surface area contributed by atoms with Gasteiger partial charge in [-0.2, -0.15) is 0 Å². The molecule has 4 unspecified atom stereocenters. The number of carbonyl (C=O) groups is 1. The zero-order chi connectivity index (χ0) is 13.7. The molecule has 2 aliphatic carbocycles. The van der Waals surface area contributed by atoms with E-state index in [-0.39, 0.29) is 5.91 Å². The Morgan fingerprint density at radius 1 is 1.37 bits per heavy atom. The van der Waals surface area contributed by atoms with Crippen molar-refractivity contribution in [2.45, 2.75) is 32.2 Å². The lowest BCUT2D eigenvalue weighted by atomic mass is 9.87. The van der Waals surface area contributed by atoms with Crippen LogP contribution in [0.2, 0.25) is 0 Å². The Kier molecular flexibility index (Phi) is 5.40. The molecule has 1 fully saturated rings. The smallest absolute Gasteiger partial charge is 0.221 e. The van der Waals surface area contributed by atoms with Crippen molar-refractivity contribution < 1.29 is 9.53 Å². The third kappa shape index (κ3) is 4.05. The van der Waals surface area contributed by atoms with Crippen LogP contribution in [0.15, 0.2) is 12.2 Å². The van der Waals surface area contributed by atoms with E-state index in [1.807, 2.05) is 0 Å². The average molecular weight is 266 g/mol. The second kappa shape index (κ2) is 7.06. The van der Waals surface area contributed by atoms with Gasteiger partial charge in [-0.3, -0.25) is 4.79 Å². The van der Waals surface area contributed by atoms with Crippen LogP contribution in [-0.4, -0.2) is 38.8 Å². The zero-order valence-electron chi connectivity index (χ0n) is 12.0. The molecule has 2 rings (SSSR count). The molecule has 0 aromatic rings. The fraction of sp³-hybridized carbons (Fsp3) is 0.800. The monoisotopic (exact) mass is 266 g/mol. The number of hydrogen-bond acceptors (Lipinski definition) is 3. The molecule has 1 saturated carbocycles. The van der Waals surface area contributed by atoms with Crippen LogP contribution in [0.4, 0.5) is 0 Å². The van der Waals surface area contributed by atoms with Crippen molar-refractivity contribution in [2.75, 3.05) is 26.8 Å². The summed E-state index contributed by atoms with van der Waals surface area (Å²) in [5.74, 6) is 2.44. The van der Waals surface area contributed by atoms with E-state index in [4.69, 9.17) is 4.74 Å². The van der Waals surface area contributed by atoms with E-state index < -0.39 is 0 Å². The number of carbonyl (C=O) groups excluding carboxylic acids is 1. The van der Waals surface area contributed by atoms with Crippen molar-refractivity contribution in [2.24, 2.45) is 17.8 Å². The molecule has 0 heterocycles. The number of hydrogen-bond donors (Lipinski definition) is 2. The predicted molar refractivity (Wildman–Crippen MR) is 75.8 cm³/mol. The molecule has 19 heavy (non-hydrogen) atoms. The highest BCUT2D eigenvalue weighted by atomic mass is 16.5. The Balaban J connectivity index is 1.58. The number of ether oxygens (including phenoxy) is 1. The molecule has 0 aromatic heterocycles. The highest BCUT2D eigenvalue weighted by Crippen LogP contribution is 2.44. The van der Waals surface area contributed by atoms with Gasteiger partial charge in [0.25, 0.3) is 0 Å². The average Bonchev–Trinajstić information content (AvgIpc) is 3.01. The lowest BCUT2D eigenvalue weighted by molar-refractivity contribution is -0.121. The van der Waals surface area contributed by atoms with Crippen LogP contribution in [0.25, 0.3) is 0 Å². The lowest BCUT2D eigenvalue weighted by Gasteiger charge is -2.26. The number of allylic oxidation sites excluding steroid dienone is 2. The van der Waals surface area contributed by atoms with Gasteiger partial charge >= 0.3 is 0 Å². The molecular formula is C15H26N2O2. The number of rotatable bonds is 8. The minimum atomic E-state index is 0.101. The SMILES string of the molecule is COCCNC(=O)CCNC(C)C1CC2C=CC1C2. The second-order valence-electron chi connectivity index (χ2n) is 5.78. The van der Waals surface area contributed by atoms with Crippen molar-refractivity contribution in [1.29, 1.82) is 0 Å². The maximum atomic E-state index is 11.5. The first-order valence-electron chi connectivity index (χ1n) is 7.38. The van der Waals surface area contributed by atoms with Crippen LogP contribution >= 0.6 is 0 Å². The van der Waals surface area contributed by atoms with Gasteiger partial charge in [-0.05, 0) is 37.5 Å². The van der Waals surface area contributed by atoms with E-state index >= 15 is 0 Å². The fourth-order valence-corrected chi connectivity index (χ4v) is 3.34. The van der Waals surface area contributed by atoms with E-state index in [0.717, 1.165) is 24.3 Å². The molecule has 0 radical (unpaired) electrons. The van der Waals surface area contributed by atoms with Crippen molar-refractivity contribution in [1.82, 2.24) is 10.6 Å². The summed E-state index contributed by atoms with van der Waals surface area (Å²) in [4.78, 5) is 11.5. The zero-order valence-corrected chi connectivity index (χ0v) is 12.0. The van der Waals surface area contributed by atoms with Gasteiger partial charge in [-0.1, -0.05) is 12.2 Å². The fourth-order valence-electron chi connectivity index (χ4n) is 3.34. The molecule has 0 spiro atoms. The summed E-state index contributed by atoms with van der Waals surface area (Å²) >= 11 is 0. The van der Waals surface area contributed by atoms with E-state index in [0.29, 0.717) is 25.6 Å². The topological polar surface area (TPSA) is 50.4 Å². The summed E-state index contributed by atoms with van der Waals surface area (Å²) in [5, 5.41) is 6.34. The summed E-state index contributed by atoms with van der Waals surface area (Å²) in [5.41, 5.74) is 0. The van der Waals surface area contributed by atoms with Gasteiger partial charge in [-0.15, -0.1) is 0 Å². The van der Waals surface area contributed by atoms with Crippen LogP contribution in [0.1, 0.15) is 26.2 Å². The Morgan fingerprint density at radius 3 is 2.84 bits per heavy atom. The number of methoxy groups -OCH3 is 1. The Morgan fingerprint density at radius 2 is 2.21 bits per heavy atom. The first kappa shape index (κ1) is 14.5. The third-order valence-corrected chi connectivity index (χ3v) is 4.42. The number of amides is 1. The van der Waals surface area contributed by atoms with Gasteiger partial charge in [0.05, 0.1) is 6.61 Å². The van der Waals surface area contributed by atoms with Gasteiger partial charge in [-0.25, -0.2) is 0 Å². The van der Waals surface area contributed by atoms with Crippen molar-refractivity contribution in [3.63, 3.8) is 0 Å². The number of fused-ring (bicyclic) bond motifs is 2. The van der Waals surface area contributed by atoms with Gasteiger partial charge in [0.1, 0.15) is 0 Å². The van der Waals surface area contributed by atoms with Crippen molar-refractivity contribution in [3.8, 4) is 0 Å². The molecule has 2 N–H and O–H groups in total. The Labute approximate surface area is 116 Å². The van der Waals surface area contributed by atoms with Gasteiger partial charge < -0.3 is 15.4 Å². The van der Waals surface area contributed by atoms with Crippen LogP contribution in [-0.2, 0) is 9.53 Å². The summed E-state index contributed by atoms with van der Waals surface area (Å²) < 4.78 is 4.89. The molecule has 0 aliphatic heterocycles. The molecule has 108 valence electrons. The number of nitrogens with one attached hydrogen (secondary N) is 2. The maximum absolute atomic E-state index is 11.5. The first-order valence-corrected chi connectivity index (χ1v) is 7.38. The predicted octanol–water partition coefficient (Wildman–Crippen LogP) is 1.33. The summed E-state index contributed by atoms with van der Waals surface area (Å²) in [7, 11) is 1.64. The highest BCUT2D eigenvalue weighted by molar-refractivity contribution is 5.76. The second-order valence-corrected chi connectivity index (χ2v) is 5.78. The lowest BCUT2D eigenvalue weighted by Crippen LogP contribution is -2.38.